The van der Waals surface area contributed by atoms with Gasteiger partial charge in [-0.15, -0.1) is 5.10 Å². The van der Waals surface area contributed by atoms with Crippen LogP contribution < -0.4 is 4.90 Å². The van der Waals surface area contributed by atoms with Gasteiger partial charge in [0.05, 0.1) is 12.7 Å². The van der Waals surface area contributed by atoms with Crippen molar-refractivity contribution in [3.05, 3.63) is 35.5 Å². The second-order valence-electron chi connectivity index (χ2n) is 5.82. The van der Waals surface area contributed by atoms with E-state index in [0.717, 1.165) is 31.3 Å². The molecule has 118 valence electrons. The zero-order valence-electron chi connectivity index (χ0n) is 13.0. The van der Waals surface area contributed by atoms with Crippen molar-refractivity contribution in [3.63, 3.8) is 0 Å². The van der Waals surface area contributed by atoms with Gasteiger partial charge in [-0.1, -0.05) is 11.6 Å². The second-order valence-corrected chi connectivity index (χ2v) is 6.21. The first-order chi connectivity index (χ1) is 10.6. The highest BCUT2D eigenvalue weighted by Gasteiger charge is 2.27. The summed E-state index contributed by atoms with van der Waals surface area (Å²) >= 11 is 6.04. The molecule has 0 aliphatic carbocycles. The number of anilines is 1. The first-order valence-electron chi connectivity index (χ1n) is 7.54. The molecule has 1 saturated heterocycles. The Labute approximate surface area is 135 Å². The maximum absolute atomic E-state index is 6.04. The molecule has 3 heterocycles. The fourth-order valence-electron chi connectivity index (χ4n) is 3.01. The third-order valence-electron chi connectivity index (χ3n) is 4.19. The summed E-state index contributed by atoms with van der Waals surface area (Å²) in [5, 5.41) is 8.91. The highest BCUT2D eigenvalue weighted by atomic mass is 35.5. The van der Waals surface area contributed by atoms with Crippen LogP contribution in [0, 0.1) is 0 Å². The molecule has 0 amide bonds. The molecule has 6 nitrogen and oxygen atoms in total. The van der Waals surface area contributed by atoms with E-state index in [-0.39, 0.29) is 0 Å². The van der Waals surface area contributed by atoms with Gasteiger partial charge in [-0.05, 0) is 32.0 Å². The van der Waals surface area contributed by atoms with Gasteiger partial charge in [0.25, 0.3) is 0 Å². The average Bonchev–Trinajstić information content (AvgIpc) is 3.10. The Bertz CT molecular complexity index is 614. The summed E-state index contributed by atoms with van der Waals surface area (Å²) < 4.78 is 1.92. The summed E-state index contributed by atoms with van der Waals surface area (Å²) in [5.74, 6) is 1.95. The number of hydrogen-bond acceptors (Lipinski definition) is 5. The molecule has 0 aromatic carbocycles. The number of aromatic nitrogens is 4. The standard InChI is InChI=1S/C15H21ClN6/c1-20(11-15-17-9-13(16)21(15)2)10-12-5-4-8-22(12)14-6-3-7-18-19-14/h3,6-7,9,12H,4-5,8,10-11H2,1-2H3. The minimum atomic E-state index is 0.470. The SMILES string of the molecule is CN(Cc1ncc(Cl)n1C)CC1CCCN1c1cccnn1. The first kappa shape index (κ1) is 15.2. The molecular formula is C15H21ClN6. The van der Waals surface area contributed by atoms with Gasteiger partial charge in [0.2, 0.25) is 0 Å². The van der Waals surface area contributed by atoms with E-state index >= 15 is 0 Å². The van der Waals surface area contributed by atoms with Crippen molar-refractivity contribution >= 4 is 17.4 Å². The molecule has 7 heteroatoms. The van der Waals surface area contributed by atoms with E-state index in [1.54, 1.807) is 12.4 Å². The van der Waals surface area contributed by atoms with E-state index in [0.29, 0.717) is 11.2 Å². The zero-order chi connectivity index (χ0) is 15.5. The molecular weight excluding hydrogens is 300 g/mol. The maximum Gasteiger partial charge on any atom is 0.151 e. The van der Waals surface area contributed by atoms with Crippen LogP contribution >= 0.6 is 11.6 Å². The lowest BCUT2D eigenvalue weighted by atomic mass is 10.2. The monoisotopic (exact) mass is 320 g/mol. The van der Waals surface area contributed by atoms with Gasteiger partial charge in [0.1, 0.15) is 11.0 Å². The van der Waals surface area contributed by atoms with Crippen LogP contribution in [0.2, 0.25) is 5.15 Å². The lowest BCUT2D eigenvalue weighted by Gasteiger charge is -2.29. The largest absolute Gasteiger partial charge is 0.351 e. The molecule has 1 atom stereocenters. The lowest BCUT2D eigenvalue weighted by Crippen LogP contribution is -2.39. The van der Waals surface area contributed by atoms with Crippen LogP contribution in [0.15, 0.2) is 24.5 Å². The first-order valence-corrected chi connectivity index (χ1v) is 7.92. The van der Waals surface area contributed by atoms with Gasteiger partial charge in [0.15, 0.2) is 5.82 Å². The topological polar surface area (TPSA) is 50.1 Å². The van der Waals surface area contributed by atoms with Crippen LogP contribution in [0.3, 0.4) is 0 Å². The highest BCUT2D eigenvalue weighted by Crippen LogP contribution is 2.24. The molecule has 22 heavy (non-hydrogen) atoms. The van der Waals surface area contributed by atoms with Gasteiger partial charge in [-0.3, -0.25) is 4.90 Å². The number of rotatable bonds is 5. The average molecular weight is 321 g/mol. The van der Waals surface area contributed by atoms with Crippen LogP contribution in [0.5, 0.6) is 0 Å². The minimum absolute atomic E-state index is 0.470. The summed E-state index contributed by atoms with van der Waals surface area (Å²) in [5.41, 5.74) is 0. The van der Waals surface area contributed by atoms with E-state index < -0.39 is 0 Å². The van der Waals surface area contributed by atoms with Crippen molar-refractivity contribution in [2.45, 2.75) is 25.4 Å². The molecule has 2 aromatic rings. The lowest BCUT2D eigenvalue weighted by molar-refractivity contribution is 0.293. The van der Waals surface area contributed by atoms with Crippen LogP contribution in [0.4, 0.5) is 5.82 Å². The molecule has 0 N–H and O–H groups in total. The molecule has 1 aliphatic rings. The maximum atomic E-state index is 6.04. The van der Waals surface area contributed by atoms with Gasteiger partial charge in [0, 0.05) is 32.4 Å². The number of likely N-dealkylation sites (N-methyl/N-ethyl adjacent to an activating group) is 1. The van der Waals surface area contributed by atoms with Crippen molar-refractivity contribution < 1.29 is 0 Å². The van der Waals surface area contributed by atoms with Gasteiger partial charge >= 0.3 is 0 Å². The Hall–Kier alpha value is -1.66. The van der Waals surface area contributed by atoms with Gasteiger partial charge < -0.3 is 9.47 Å². The molecule has 0 bridgehead atoms. The van der Waals surface area contributed by atoms with E-state index in [2.05, 4.69) is 32.0 Å². The molecule has 1 aliphatic heterocycles. The van der Waals surface area contributed by atoms with E-state index in [1.807, 2.05) is 23.7 Å². The third-order valence-corrected chi connectivity index (χ3v) is 4.54. The second kappa shape index (κ2) is 6.62. The van der Waals surface area contributed by atoms with Crippen molar-refractivity contribution in [2.75, 3.05) is 25.0 Å². The summed E-state index contributed by atoms with van der Waals surface area (Å²) in [7, 11) is 4.07. The Morgan fingerprint density at radius 3 is 3.00 bits per heavy atom. The molecule has 1 unspecified atom stereocenters. The number of halogens is 1. The fraction of sp³-hybridized carbons (Fsp3) is 0.533. The van der Waals surface area contributed by atoms with E-state index in [1.165, 1.54) is 12.8 Å². The minimum Gasteiger partial charge on any atom is -0.351 e. The zero-order valence-corrected chi connectivity index (χ0v) is 13.7. The van der Waals surface area contributed by atoms with Crippen LogP contribution in [-0.4, -0.2) is 50.8 Å². The summed E-state index contributed by atoms with van der Waals surface area (Å²) in [6.45, 7) is 2.81. The predicted octanol–water partition coefficient (Wildman–Crippen LogP) is 1.96. The smallest absolute Gasteiger partial charge is 0.151 e. The Morgan fingerprint density at radius 1 is 1.45 bits per heavy atom. The number of nitrogens with zero attached hydrogens (tertiary/aromatic N) is 6. The third kappa shape index (κ3) is 3.23. The molecule has 3 rings (SSSR count). The molecule has 0 radical (unpaired) electrons. The Balaban J connectivity index is 1.63. The van der Waals surface area contributed by atoms with Gasteiger partial charge in [-0.2, -0.15) is 5.10 Å². The highest BCUT2D eigenvalue weighted by molar-refractivity contribution is 6.29. The Kier molecular flexibility index (Phi) is 4.59. The number of imidazole rings is 1. The molecule has 0 spiro atoms. The number of hydrogen-bond donors (Lipinski definition) is 0. The van der Waals surface area contributed by atoms with Crippen molar-refractivity contribution in [3.8, 4) is 0 Å². The normalized spacial score (nSPS) is 18.4. The van der Waals surface area contributed by atoms with Crippen molar-refractivity contribution in [1.29, 1.82) is 0 Å². The Morgan fingerprint density at radius 2 is 2.32 bits per heavy atom. The van der Waals surface area contributed by atoms with Crippen molar-refractivity contribution in [1.82, 2.24) is 24.6 Å². The molecule has 0 saturated carbocycles. The quantitative estimate of drug-likeness (QED) is 0.843. The molecule has 2 aromatic heterocycles. The van der Waals surface area contributed by atoms with Crippen molar-refractivity contribution in [2.24, 2.45) is 7.05 Å². The van der Waals surface area contributed by atoms with E-state index in [4.69, 9.17) is 11.6 Å². The fourth-order valence-corrected chi connectivity index (χ4v) is 3.16. The summed E-state index contributed by atoms with van der Waals surface area (Å²) in [4.78, 5) is 9.01. The summed E-state index contributed by atoms with van der Waals surface area (Å²) in [6, 6.07) is 4.44. The predicted molar refractivity (Wildman–Crippen MR) is 87.0 cm³/mol. The van der Waals surface area contributed by atoms with Crippen LogP contribution in [0.25, 0.3) is 0 Å². The summed E-state index contributed by atoms with van der Waals surface area (Å²) in [6.07, 6.45) is 5.79. The molecule has 1 fully saturated rings. The van der Waals surface area contributed by atoms with Crippen LogP contribution in [0.1, 0.15) is 18.7 Å². The van der Waals surface area contributed by atoms with E-state index in [9.17, 15) is 0 Å². The van der Waals surface area contributed by atoms with Crippen LogP contribution in [-0.2, 0) is 13.6 Å². The van der Waals surface area contributed by atoms with Gasteiger partial charge in [-0.25, -0.2) is 4.98 Å².